The summed E-state index contributed by atoms with van der Waals surface area (Å²) < 4.78 is 27.3. The molecule has 0 heterocycles. The fraction of sp³-hybridized carbons (Fsp3) is 1.00. The maximum absolute atomic E-state index is 7.82. The third kappa shape index (κ3) is 31.5. The van der Waals surface area contributed by atoms with Crippen LogP contribution in [0.15, 0.2) is 0 Å². The first kappa shape index (κ1) is 50.5. The Morgan fingerprint density at radius 2 is 0.449 bits per heavy atom. The van der Waals surface area contributed by atoms with Crippen LogP contribution in [0.5, 0.6) is 0 Å². The minimum absolute atomic E-state index is 0.948. The molecule has 0 unspecified atom stereocenters. The first-order valence-corrected chi connectivity index (χ1v) is 35.8. The molecule has 0 radical (unpaired) electrons. The Morgan fingerprint density at radius 1 is 0.245 bits per heavy atom. The van der Waals surface area contributed by atoms with Gasteiger partial charge in [0.2, 0.25) is 0 Å². The van der Waals surface area contributed by atoms with Gasteiger partial charge in [-0.15, -0.1) is 0 Å². The summed E-state index contributed by atoms with van der Waals surface area (Å²) in [4.78, 5) is 0. The Morgan fingerprint density at radius 3 is 0.673 bits per heavy atom. The normalized spacial score (nSPS) is 12.4. The third-order valence-corrected chi connectivity index (χ3v) is 44.0. The number of unbranched alkanes of at least 4 members (excludes halogenated alkanes) is 26. The molecule has 0 rings (SSSR count). The van der Waals surface area contributed by atoms with Gasteiger partial charge in [-0.25, -0.2) is 0 Å². The van der Waals surface area contributed by atoms with Crippen molar-refractivity contribution in [2.45, 2.75) is 265 Å². The van der Waals surface area contributed by atoms with Crippen LogP contribution in [-0.4, -0.2) is 51.6 Å². The summed E-state index contributed by atoms with van der Waals surface area (Å²) in [5.41, 5.74) is 0. The van der Waals surface area contributed by atoms with Crippen molar-refractivity contribution in [1.82, 2.24) is 0 Å². The molecule has 3 nitrogen and oxygen atoms in total. The molecule has 296 valence electrons. The number of hydrogen-bond acceptors (Lipinski definition) is 3. The molecule has 0 aliphatic carbocycles. The van der Waals surface area contributed by atoms with E-state index in [1.54, 1.807) is 0 Å². The van der Waals surface area contributed by atoms with Crippen LogP contribution in [0.4, 0.5) is 0 Å². The smallest absolute Gasteiger partial charge is 0.0654 e. The van der Waals surface area contributed by atoms with Gasteiger partial charge in [0.15, 0.2) is 0 Å². The molecule has 0 atom stereocenters. The molecule has 0 aromatic rings. The van der Waals surface area contributed by atoms with Crippen LogP contribution in [0, 0.1) is 0 Å². The monoisotopic (exact) mass is 911 g/mol. The molecule has 0 N–H and O–H groups in total. The third-order valence-electron chi connectivity index (χ3n) is 10.7. The molecule has 0 bridgehead atoms. The topological polar surface area (TPSA) is 27.7 Å². The first-order chi connectivity index (χ1) is 24.1. The van der Waals surface area contributed by atoms with Gasteiger partial charge >= 0.3 is 284 Å². The molecule has 0 saturated carbocycles. The van der Waals surface area contributed by atoms with Gasteiger partial charge in [0, 0.05) is 0 Å². The van der Waals surface area contributed by atoms with Crippen molar-refractivity contribution >= 4 is 38.4 Å². The quantitative estimate of drug-likeness (QED) is 0.0451. The average Bonchev–Trinajstić information content (AvgIpc) is 3.11. The summed E-state index contributed by atoms with van der Waals surface area (Å²) >= 11 is -6.56. The Balaban J connectivity index is 5.04. The molecular weight excluding hydrogens is 814 g/mol. The van der Waals surface area contributed by atoms with Crippen LogP contribution in [0.25, 0.3) is 0 Å². The zero-order valence-corrected chi connectivity index (χ0v) is 40.8. The zero-order chi connectivity index (χ0) is 36.0. The molecule has 49 heavy (non-hydrogen) atoms. The second kappa shape index (κ2) is 39.2. The Labute approximate surface area is 321 Å². The summed E-state index contributed by atoms with van der Waals surface area (Å²) in [5.74, 6) is 0. The van der Waals surface area contributed by atoms with Gasteiger partial charge in [-0.1, -0.05) is 39.5 Å². The predicted octanol–water partition coefficient (Wildman–Crippen LogP) is 16.5. The van der Waals surface area contributed by atoms with E-state index >= 15 is 0 Å². The van der Waals surface area contributed by atoms with E-state index in [2.05, 4.69) is 41.5 Å². The van der Waals surface area contributed by atoms with E-state index in [1.165, 1.54) is 223 Å². The van der Waals surface area contributed by atoms with Crippen molar-refractivity contribution in [2.24, 2.45) is 0 Å². The van der Waals surface area contributed by atoms with Crippen LogP contribution >= 0.6 is 0 Å². The van der Waals surface area contributed by atoms with E-state index in [-0.39, 0.29) is 0 Å². The standard InChI is InChI=1S/2C14H29O.4C4H9.O.2Sn/c2*1-2-3-4-5-6-7-8-9-10-11-12-13-14-15;4*1-3-4-2;;;/h2*2-14H2,1H3;4*1,3-4H2,2H3;;;/q2*-1;;;;;;2*+1. The van der Waals surface area contributed by atoms with Gasteiger partial charge in [-0.3, -0.25) is 0 Å². The zero-order valence-electron chi connectivity index (χ0n) is 35.1. The van der Waals surface area contributed by atoms with E-state index in [4.69, 9.17) is 7.56 Å². The van der Waals surface area contributed by atoms with Crippen molar-refractivity contribution in [3.05, 3.63) is 0 Å². The van der Waals surface area contributed by atoms with Gasteiger partial charge in [0.1, 0.15) is 0 Å². The van der Waals surface area contributed by atoms with Crippen molar-refractivity contribution < 1.29 is 7.56 Å². The van der Waals surface area contributed by atoms with Crippen molar-refractivity contribution in [3.63, 3.8) is 0 Å². The minimum atomic E-state index is -3.28. The van der Waals surface area contributed by atoms with Gasteiger partial charge in [-0.05, 0) is 0 Å². The summed E-state index contributed by atoms with van der Waals surface area (Å²) in [6.07, 6.45) is 43.7. The van der Waals surface area contributed by atoms with Crippen LogP contribution < -0.4 is 0 Å². The second-order valence-corrected chi connectivity index (χ2v) is 38.1. The molecule has 0 aromatic carbocycles. The van der Waals surface area contributed by atoms with E-state index in [9.17, 15) is 0 Å². The minimum Gasteiger partial charge on any atom is -0.0654 e. The van der Waals surface area contributed by atoms with E-state index in [0.717, 1.165) is 13.2 Å². The summed E-state index contributed by atoms with van der Waals surface area (Å²) in [7, 11) is 0. The fourth-order valence-electron chi connectivity index (χ4n) is 7.33. The van der Waals surface area contributed by atoms with E-state index in [0.29, 0.717) is 0 Å². The van der Waals surface area contributed by atoms with Crippen molar-refractivity contribution in [3.8, 4) is 0 Å². The van der Waals surface area contributed by atoms with Gasteiger partial charge in [-0.2, -0.15) is 0 Å². The molecule has 0 spiro atoms. The molecule has 0 aliphatic rings. The van der Waals surface area contributed by atoms with Gasteiger partial charge < -0.3 is 0 Å². The van der Waals surface area contributed by atoms with Crippen LogP contribution in [0.2, 0.25) is 17.7 Å². The predicted molar refractivity (Wildman–Crippen MR) is 226 cm³/mol. The molecular formula is C44H94O3Sn2. The fourth-order valence-corrected chi connectivity index (χ4v) is 50.0. The van der Waals surface area contributed by atoms with Crippen molar-refractivity contribution in [1.29, 1.82) is 0 Å². The molecule has 0 fully saturated rings. The summed E-state index contributed by atoms with van der Waals surface area (Å²) in [6.45, 7) is 15.9. The summed E-state index contributed by atoms with van der Waals surface area (Å²) in [6, 6.07) is 0. The molecule has 0 aliphatic heterocycles. The number of hydrogen-bond donors (Lipinski definition) is 0. The summed E-state index contributed by atoms with van der Waals surface area (Å²) in [5, 5.41) is 0. The molecule has 0 saturated heterocycles. The first-order valence-electron chi connectivity index (χ1n) is 23.1. The maximum atomic E-state index is 7.82. The SMILES string of the molecule is CCCCCCCCCCCCCC[O][Sn]([CH2]CCC)([CH2]CCC)[O][Sn]([CH2]CCC)([CH2]CCC)[O]CCCCCCCCCCCCCC. The molecule has 5 heteroatoms. The van der Waals surface area contributed by atoms with Gasteiger partial charge in [0.25, 0.3) is 0 Å². The van der Waals surface area contributed by atoms with Gasteiger partial charge in [0.05, 0.1) is 0 Å². The Bertz CT molecular complexity index is 563. The van der Waals surface area contributed by atoms with E-state index < -0.39 is 38.4 Å². The average molecular weight is 909 g/mol. The van der Waals surface area contributed by atoms with Crippen LogP contribution in [-0.2, 0) is 7.56 Å². The number of rotatable bonds is 42. The molecule has 0 aromatic heterocycles. The Hall–Kier alpha value is 1.48. The van der Waals surface area contributed by atoms with Crippen molar-refractivity contribution in [2.75, 3.05) is 13.2 Å². The second-order valence-electron chi connectivity index (χ2n) is 15.8. The van der Waals surface area contributed by atoms with Crippen LogP contribution in [0.3, 0.4) is 0 Å². The Kier molecular flexibility index (Phi) is 40.4. The van der Waals surface area contributed by atoms with E-state index in [1.807, 2.05) is 0 Å². The van der Waals surface area contributed by atoms with Crippen LogP contribution in [0.1, 0.15) is 247 Å². The molecule has 0 amide bonds.